The zero-order chi connectivity index (χ0) is 20.0. The lowest BCUT2D eigenvalue weighted by Crippen LogP contribution is -2.37. The maximum atomic E-state index is 12.1. The summed E-state index contributed by atoms with van der Waals surface area (Å²) in [5, 5.41) is 3.01. The Morgan fingerprint density at radius 1 is 1.18 bits per heavy atom. The highest BCUT2D eigenvalue weighted by Crippen LogP contribution is 2.25. The molecule has 0 aromatic heterocycles. The van der Waals surface area contributed by atoms with Crippen LogP contribution in [0.4, 0.5) is 0 Å². The van der Waals surface area contributed by atoms with Crippen LogP contribution in [0, 0.1) is 0 Å². The van der Waals surface area contributed by atoms with E-state index in [0.29, 0.717) is 39.1 Å². The Bertz CT molecular complexity index is 776. The van der Waals surface area contributed by atoms with Gasteiger partial charge in [-0.1, -0.05) is 18.6 Å². The number of nitrogens with one attached hydrogen (secondary N) is 1. The summed E-state index contributed by atoms with van der Waals surface area (Å²) in [5.41, 5.74) is 1.87. The van der Waals surface area contributed by atoms with Crippen LogP contribution >= 0.6 is 0 Å². The third-order valence-electron chi connectivity index (χ3n) is 5.38. The van der Waals surface area contributed by atoms with Gasteiger partial charge in [-0.05, 0) is 44.0 Å². The normalized spacial score (nSPS) is 18.8. The van der Waals surface area contributed by atoms with E-state index < -0.39 is 10.0 Å². The number of nitrogens with zero attached hydrogens (tertiary/aromatic N) is 2. The van der Waals surface area contributed by atoms with E-state index >= 15 is 0 Å². The third-order valence-corrected chi connectivity index (χ3v) is 6.63. The quantitative estimate of drug-likeness (QED) is 0.736. The Morgan fingerprint density at radius 3 is 2.71 bits per heavy atom. The third kappa shape index (κ3) is 6.18. The zero-order valence-electron chi connectivity index (χ0n) is 16.7. The molecule has 0 spiro atoms. The predicted octanol–water partition coefficient (Wildman–Crippen LogP) is 1.38. The zero-order valence-corrected chi connectivity index (χ0v) is 17.5. The Labute approximate surface area is 168 Å². The minimum atomic E-state index is -3.26. The summed E-state index contributed by atoms with van der Waals surface area (Å²) in [6.07, 6.45) is 6.10. The minimum Gasteiger partial charge on any atom is -0.492 e. The van der Waals surface area contributed by atoms with Gasteiger partial charge in [0.05, 0.1) is 6.26 Å². The second-order valence-electron chi connectivity index (χ2n) is 7.64. The van der Waals surface area contributed by atoms with Crippen molar-refractivity contribution in [1.82, 2.24) is 14.5 Å². The molecule has 1 aromatic carbocycles. The van der Waals surface area contributed by atoms with Gasteiger partial charge in [-0.2, -0.15) is 4.31 Å². The summed E-state index contributed by atoms with van der Waals surface area (Å²) < 4.78 is 30.9. The van der Waals surface area contributed by atoms with Crippen LogP contribution in [0.15, 0.2) is 18.2 Å². The van der Waals surface area contributed by atoms with E-state index in [1.165, 1.54) is 29.8 Å². The van der Waals surface area contributed by atoms with E-state index in [0.717, 1.165) is 36.5 Å². The van der Waals surface area contributed by atoms with Crippen LogP contribution in [-0.2, 0) is 27.8 Å². The second-order valence-corrected chi connectivity index (χ2v) is 9.62. The molecular formula is C20H31N3O4S. The number of piperidine rings is 1. The summed E-state index contributed by atoms with van der Waals surface area (Å²) in [7, 11) is -3.26. The smallest absolute Gasteiger partial charge is 0.220 e. The lowest BCUT2D eigenvalue weighted by atomic mass is 10.1. The van der Waals surface area contributed by atoms with Gasteiger partial charge in [0.25, 0.3) is 0 Å². The second kappa shape index (κ2) is 9.71. The molecule has 2 aliphatic heterocycles. The van der Waals surface area contributed by atoms with E-state index in [9.17, 15) is 13.2 Å². The lowest BCUT2D eigenvalue weighted by molar-refractivity contribution is -0.121. The highest BCUT2D eigenvalue weighted by atomic mass is 32.2. The first-order valence-corrected chi connectivity index (χ1v) is 12.0. The number of rotatable bonds is 7. The number of carbonyl (C=O) groups excluding carboxylic acids is 1. The van der Waals surface area contributed by atoms with Crippen LogP contribution in [0.2, 0.25) is 0 Å². The maximum Gasteiger partial charge on any atom is 0.220 e. The molecule has 1 fully saturated rings. The van der Waals surface area contributed by atoms with Gasteiger partial charge < -0.3 is 15.0 Å². The van der Waals surface area contributed by atoms with E-state index in [2.05, 4.69) is 10.2 Å². The Morgan fingerprint density at radius 2 is 1.96 bits per heavy atom. The summed E-state index contributed by atoms with van der Waals surface area (Å²) in [5.74, 6) is 0.779. The van der Waals surface area contributed by atoms with Gasteiger partial charge >= 0.3 is 0 Å². The fourth-order valence-electron chi connectivity index (χ4n) is 3.74. The maximum absolute atomic E-state index is 12.1. The van der Waals surface area contributed by atoms with Gasteiger partial charge in [0.15, 0.2) is 0 Å². The first-order chi connectivity index (χ1) is 13.4. The van der Waals surface area contributed by atoms with Crippen molar-refractivity contribution in [3.05, 3.63) is 29.3 Å². The molecule has 0 unspecified atom stereocenters. The lowest BCUT2D eigenvalue weighted by Gasteiger charge is -2.26. The van der Waals surface area contributed by atoms with E-state index in [4.69, 9.17) is 4.74 Å². The summed E-state index contributed by atoms with van der Waals surface area (Å²) in [6, 6.07) is 5.79. The van der Waals surface area contributed by atoms with Gasteiger partial charge in [-0.3, -0.25) is 4.79 Å². The van der Waals surface area contributed by atoms with Gasteiger partial charge in [-0.25, -0.2) is 8.42 Å². The molecule has 1 amide bonds. The SMILES string of the molecule is CS(=O)(=O)N1CCOc2ccc(CCC(=O)NCCN3CCCCC3)cc2C1. The average molecular weight is 410 g/mol. The van der Waals surface area contributed by atoms with Crippen molar-refractivity contribution in [2.24, 2.45) is 0 Å². The van der Waals surface area contributed by atoms with Crippen molar-refractivity contribution in [3.8, 4) is 5.75 Å². The number of carbonyl (C=O) groups is 1. The van der Waals surface area contributed by atoms with Crippen LogP contribution in [0.1, 0.15) is 36.8 Å². The van der Waals surface area contributed by atoms with Crippen LogP contribution in [0.3, 0.4) is 0 Å². The largest absolute Gasteiger partial charge is 0.492 e. The number of sulfonamides is 1. The van der Waals surface area contributed by atoms with Gasteiger partial charge in [-0.15, -0.1) is 0 Å². The summed E-state index contributed by atoms with van der Waals surface area (Å²) in [6.45, 7) is 4.89. The standard InChI is InChI=1S/C20H31N3O4S/c1-28(25,26)23-13-14-27-19-7-5-17(15-18(19)16-23)6-8-20(24)21-9-12-22-10-3-2-4-11-22/h5,7,15H,2-4,6,8-14,16H2,1H3,(H,21,24). The first kappa shape index (κ1) is 21.1. The summed E-state index contributed by atoms with van der Waals surface area (Å²) >= 11 is 0. The Hall–Kier alpha value is -1.64. The van der Waals surface area contributed by atoms with Crippen molar-refractivity contribution in [1.29, 1.82) is 0 Å². The topological polar surface area (TPSA) is 78.9 Å². The molecule has 2 aliphatic rings. The van der Waals surface area contributed by atoms with Crippen LogP contribution in [0.5, 0.6) is 5.75 Å². The van der Waals surface area contributed by atoms with Crippen molar-refractivity contribution >= 4 is 15.9 Å². The molecule has 1 saturated heterocycles. The van der Waals surface area contributed by atoms with Crippen molar-refractivity contribution in [2.75, 3.05) is 45.6 Å². The van der Waals surface area contributed by atoms with Crippen molar-refractivity contribution < 1.29 is 17.9 Å². The van der Waals surface area contributed by atoms with Crippen molar-refractivity contribution in [2.45, 2.75) is 38.6 Å². The van der Waals surface area contributed by atoms with E-state index in [-0.39, 0.29) is 5.91 Å². The van der Waals surface area contributed by atoms with Crippen LogP contribution in [-0.4, -0.2) is 69.1 Å². The molecule has 2 heterocycles. The molecule has 1 N–H and O–H groups in total. The van der Waals surface area contributed by atoms with E-state index in [1.54, 1.807) is 0 Å². The number of amides is 1. The van der Waals surface area contributed by atoms with Gasteiger partial charge in [0.2, 0.25) is 15.9 Å². The number of fused-ring (bicyclic) bond motifs is 1. The molecule has 1 aromatic rings. The molecule has 0 aliphatic carbocycles. The molecule has 0 saturated carbocycles. The van der Waals surface area contributed by atoms with Gasteiger partial charge in [0.1, 0.15) is 12.4 Å². The Kier molecular flexibility index (Phi) is 7.31. The fourth-order valence-corrected chi connectivity index (χ4v) is 4.52. The molecule has 0 bridgehead atoms. The number of hydrogen-bond donors (Lipinski definition) is 1. The number of aryl methyl sites for hydroxylation is 1. The first-order valence-electron chi connectivity index (χ1n) is 10.1. The molecule has 28 heavy (non-hydrogen) atoms. The van der Waals surface area contributed by atoms with Crippen molar-refractivity contribution in [3.63, 3.8) is 0 Å². The average Bonchev–Trinajstić information content (AvgIpc) is 2.89. The summed E-state index contributed by atoms with van der Waals surface area (Å²) in [4.78, 5) is 14.5. The Balaban J connectivity index is 1.48. The minimum absolute atomic E-state index is 0.0564. The van der Waals surface area contributed by atoms with E-state index in [1.807, 2.05) is 18.2 Å². The molecular weight excluding hydrogens is 378 g/mol. The van der Waals surface area contributed by atoms with Gasteiger partial charge in [0, 0.05) is 38.2 Å². The highest BCUT2D eigenvalue weighted by molar-refractivity contribution is 7.88. The molecule has 7 nitrogen and oxygen atoms in total. The highest BCUT2D eigenvalue weighted by Gasteiger charge is 2.22. The number of benzene rings is 1. The molecule has 8 heteroatoms. The predicted molar refractivity (Wildman–Crippen MR) is 109 cm³/mol. The van der Waals surface area contributed by atoms with Crippen LogP contribution in [0.25, 0.3) is 0 Å². The number of likely N-dealkylation sites (tertiary alicyclic amines) is 1. The molecule has 156 valence electrons. The molecule has 3 rings (SSSR count). The molecule has 0 radical (unpaired) electrons. The molecule has 0 atom stereocenters. The monoisotopic (exact) mass is 409 g/mol. The number of hydrogen-bond acceptors (Lipinski definition) is 5. The number of ether oxygens (including phenoxy) is 1. The fraction of sp³-hybridized carbons (Fsp3) is 0.650. The van der Waals surface area contributed by atoms with Crippen LogP contribution < -0.4 is 10.1 Å².